The number of hydrogen-bond acceptors (Lipinski definition) is 3. The van der Waals surface area contributed by atoms with E-state index in [9.17, 15) is 9.59 Å². The van der Waals surface area contributed by atoms with Gasteiger partial charge in [0.2, 0.25) is 0 Å². The molecule has 3 aromatic rings. The van der Waals surface area contributed by atoms with Crippen molar-refractivity contribution in [3.05, 3.63) is 70.3 Å². The molecule has 1 N–H and O–H groups in total. The van der Waals surface area contributed by atoms with Crippen LogP contribution in [0.4, 0.5) is 4.79 Å². The van der Waals surface area contributed by atoms with Gasteiger partial charge in [-0.2, -0.15) is 0 Å². The van der Waals surface area contributed by atoms with Gasteiger partial charge in [-0.15, -0.1) is 0 Å². The summed E-state index contributed by atoms with van der Waals surface area (Å²) in [5.41, 5.74) is 2.44. The third-order valence-electron chi connectivity index (χ3n) is 7.38. The average Bonchev–Trinajstić information content (AvgIpc) is 2.89. The summed E-state index contributed by atoms with van der Waals surface area (Å²) in [5.74, 6) is 0.594. The van der Waals surface area contributed by atoms with E-state index in [1.807, 2.05) is 67.3 Å². The van der Waals surface area contributed by atoms with Gasteiger partial charge in [0.05, 0.1) is 22.6 Å². The van der Waals surface area contributed by atoms with E-state index in [1.54, 1.807) is 4.57 Å². The van der Waals surface area contributed by atoms with Crippen LogP contribution in [0.25, 0.3) is 16.6 Å². The van der Waals surface area contributed by atoms with Crippen LogP contribution in [0.15, 0.2) is 53.3 Å². The highest BCUT2D eigenvalue weighted by Crippen LogP contribution is 2.25. The molecule has 1 unspecified atom stereocenters. The lowest BCUT2D eigenvalue weighted by Gasteiger charge is -2.33. The van der Waals surface area contributed by atoms with Crippen LogP contribution in [0.3, 0.4) is 0 Å². The van der Waals surface area contributed by atoms with Gasteiger partial charge in [-0.1, -0.05) is 75.3 Å². The fraction of sp³-hybridized carbons (Fsp3) is 0.500. The Morgan fingerprint density at radius 1 is 1.06 bits per heavy atom. The molecule has 1 aromatic heterocycles. The lowest BCUT2D eigenvalue weighted by Crippen LogP contribution is -2.47. The molecule has 0 spiro atoms. The van der Waals surface area contributed by atoms with Gasteiger partial charge in [0.15, 0.2) is 0 Å². The molecule has 2 amide bonds. The van der Waals surface area contributed by atoms with Crippen LogP contribution < -0.4 is 10.9 Å². The second-order valence-electron chi connectivity index (χ2n) is 10.2. The summed E-state index contributed by atoms with van der Waals surface area (Å²) in [4.78, 5) is 34.2. The third kappa shape index (κ3) is 5.97. The van der Waals surface area contributed by atoms with E-state index in [4.69, 9.17) is 4.98 Å². The van der Waals surface area contributed by atoms with Crippen LogP contribution in [0.1, 0.15) is 89.1 Å². The molecule has 1 atom stereocenters. The second-order valence-corrected chi connectivity index (χ2v) is 10.2. The SMILES string of the molecule is CCCCCCN(C(=O)NC1CCCCC1)C(C)c1nc2ccccc2c(=O)n1-c1ccc(C)cc1. The van der Waals surface area contributed by atoms with Crippen LogP contribution >= 0.6 is 0 Å². The Labute approximate surface area is 214 Å². The smallest absolute Gasteiger partial charge is 0.318 e. The molecule has 0 radical (unpaired) electrons. The number of unbranched alkanes of at least 4 members (excludes halogenated alkanes) is 3. The maximum Gasteiger partial charge on any atom is 0.318 e. The molecule has 2 aromatic carbocycles. The van der Waals surface area contributed by atoms with Crippen molar-refractivity contribution in [3.8, 4) is 5.69 Å². The van der Waals surface area contributed by atoms with Gasteiger partial charge in [0.1, 0.15) is 5.82 Å². The number of nitrogens with one attached hydrogen (secondary N) is 1. The van der Waals surface area contributed by atoms with Crippen molar-refractivity contribution in [1.29, 1.82) is 0 Å². The van der Waals surface area contributed by atoms with Crippen molar-refractivity contribution in [2.75, 3.05) is 6.54 Å². The summed E-state index contributed by atoms with van der Waals surface area (Å²) >= 11 is 0. The number of rotatable bonds is 9. The largest absolute Gasteiger partial charge is 0.335 e. The Hall–Kier alpha value is -3.15. The molecule has 0 saturated heterocycles. The molecule has 0 aliphatic heterocycles. The standard InChI is InChI=1S/C30H40N4O2/c1-4-5-6-12-21-33(30(36)31-24-13-8-7-9-14-24)23(3)28-32-27-16-11-10-15-26(27)29(35)34(28)25-19-17-22(2)18-20-25/h10-11,15-20,23-24H,4-9,12-14,21H2,1-3H3,(H,31,36). The van der Waals surface area contributed by atoms with Gasteiger partial charge in [-0.25, -0.2) is 9.78 Å². The predicted octanol–water partition coefficient (Wildman–Crippen LogP) is 6.68. The van der Waals surface area contributed by atoms with Crippen LogP contribution in [0, 0.1) is 6.92 Å². The molecular formula is C30H40N4O2. The lowest BCUT2D eigenvalue weighted by molar-refractivity contribution is 0.167. The first-order chi connectivity index (χ1) is 17.5. The van der Waals surface area contributed by atoms with Crippen molar-refractivity contribution in [1.82, 2.24) is 19.8 Å². The van der Waals surface area contributed by atoms with Crippen molar-refractivity contribution in [3.63, 3.8) is 0 Å². The van der Waals surface area contributed by atoms with E-state index >= 15 is 0 Å². The summed E-state index contributed by atoms with van der Waals surface area (Å²) in [6.07, 6.45) is 9.93. The fourth-order valence-electron chi connectivity index (χ4n) is 5.20. The topological polar surface area (TPSA) is 67.2 Å². The number of aryl methyl sites for hydroxylation is 1. The summed E-state index contributed by atoms with van der Waals surface area (Å²) in [5, 5.41) is 3.88. The number of amides is 2. The first-order valence-electron chi connectivity index (χ1n) is 13.7. The second kappa shape index (κ2) is 12.2. The Bertz CT molecular complexity index is 1210. The number of benzene rings is 2. The number of nitrogens with zero attached hydrogens (tertiary/aromatic N) is 3. The summed E-state index contributed by atoms with van der Waals surface area (Å²) in [6.45, 7) is 6.86. The van der Waals surface area contributed by atoms with Crippen molar-refractivity contribution >= 4 is 16.9 Å². The predicted molar refractivity (Wildman–Crippen MR) is 147 cm³/mol. The molecule has 1 saturated carbocycles. The molecule has 36 heavy (non-hydrogen) atoms. The molecule has 6 heteroatoms. The molecule has 4 rings (SSSR count). The average molecular weight is 489 g/mol. The minimum atomic E-state index is -0.367. The highest BCUT2D eigenvalue weighted by Gasteiger charge is 2.28. The maximum atomic E-state index is 13.8. The van der Waals surface area contributed by atoms with E-state index in [2.05, 4.69) is 12.2 Å². The number of para-hydroxylation sites is 1. The quantitative estimate of drug-likeness (QED) is 0.342. The molecule has 1 heterocycles. The third-order valence-corrected chi connectivity index (χ3v) is 7.38. The minimum Gasteiger partial charge on any atom is -0.335 e. The lowest BCUT2D eigenvalue weighted by atomic mass is 9.96. The number of aromatic nitrogens is 2. The Morgan fingerprint density at radius 3 is 2.50 bits per heavy atom. The number of fused-ring (bicyclic) bond motifs is 1. The fourth-order valence-corrected chi connectivity index (χ4v) is 5.20. The number of carbonyl (C=O) groups excluding carboxylic acids is 1. The van der Waals surface area contributed by atoms with Crippen LogP contribution in [0.2, 0.25) is 0 Å². The van der Waals surface area contributed by atoms with E-state index in [0.717, 1.165) is 62.6 Å². The molecule has 6 nitrogen and oxygen atoms in total. The zero-order valence-corrected chi connectivity index (χ0v) is 22.0. The molecule has 1 aliphatic carbocycles. The number of hydrogen-bond donors (Lipinski definition) is 1. The first-order valence-corrected chi connectivity index (χ1v) is 13.7. The van der Waals surface area contributed by atoms with Crippen LogP contribution in [-0.2, 0) is 0 Å². The van der Waals surface area contributed by atoms with E-state index in [0.29, 0.717) is 23.3 Å². The molecule has 1 aliphatic rings. The summed E-state index contributed by atoms with van der Waals surface area (Å²) in [7, 11) is 0. The molecule has 192 valence electrons. The van der Waals surface area contributed by atoms with Crippen molar-refractivity contribution in [2.45, 2.75) is 90.6 Å². The summed E-state index contributed by atoms with van der Waals surface area (Å²) in [6, 6.07) is 15.2. The van der Waals surface area contributed by atoms with E-state index < -0.39 is 0 Å². The molecular weight excluding hydrogens is 448 g/mol. The zero-order chi connectivity index (χ0) is 25.5. The van der Waals surface area contributed by atoms with E-state index in [1.165, 1.54) is 6.42 Å². The number of carbonyl (C=O) groups is 1. The monoisotopic (exact) mass is 488 g/mol. The van der Waals surface area contributed by atoms with Crippen LogP contribution in [0.5, 0.6) is 0 Å². The van der Waals surface area contributed by atoms with Crippen molar-refractivity contribution in [2.24, 2.45) is 0 Å². The van der Waals surface area contributed by atoms with Gasteiger partial charge in [0, 0.05) is 12.6 Å². The Kier molecular flexibility index (Phi) is 8.79. The van der Waals surface area contributed by atoms with Gasteiger partial charge < -0.3 is 10.2 Å². The van der Waals surface area contributed by atoms with Crippen LogP contribution in [-0.4, -0.2) is 33.1 Å². The Morgan fingerprint density at radius 2 is 1.78 bits per heavy atom. The first kappa shape index (κ1) is 25.9. The van der Waals surface area contributed by atoms with Gasteiger partial charge >= 0.3 is 6.03 Å². The summed E-state index contributed by atoms with van der Waals surface area (Å²) < 4.78 is 1.69. The van der Waals surface area contributed by atoms with Crippen molar-refractivity contribution < 1.29 is 4.79 Å². The molecule has 1 fully saturated rings. The highest BCUT2D eigenvalue weighted by molar-refractivity contribution is 5.78. The minimum absolute atomic E-state index is 0.0521. The normalized spacial score (nSPS) is 15.1. The van der Waals surface area contributed by atoms with Gasteiger partial charge in [-0.3, -0.25) is 9.36 Å². The highest BCUT2D eigenvalue weighted by atomic mass is 16.2. The number of urea groups is 1. The van der Waals surface area contributed by atoms with Gasteiger partial charge in [0.25, 0.3) is 5.56 Å². The zero-order valence-electron chi connectivity index (χ0n) is 22.0. The van der Waals surface area contributed by atoms with E-state index in [-0.39, 0.29) is 23.7 Å². The Balaban J connectivity index is 1.75. The molecule has 0 bridgehead atoms. The maximum absolute atomic E-state index is 13.8. The van der Waals surface area contributed by atoms with Gasteiger partial charge in [-0.05, 0) is 57.4 Å².